The lowest BCUT2D eigenvalue weighted by Gasteiger charge is -2.22. The molecule has 0 saturated heterocycles. The molecule has 0 fully saturated rings. The normalized spacial score (nSPS) is 12.9. The largest absolute Gasteiger partial charge is 0.493 e. The van der Waals surface area contributed by atoms with E-state index in [1.807, 2.05) is 0 Å². The van der Waals surface area contributed by atoms with Crippen LogP contribution in [0.1, 0.15) is 11.7 Å². The lowest BCUT2D eigenvalue weighted by molar-refractivity contribution is -0.225. The van der Waals surface area contributed by atoms with Crippen LogP contribution in [0.4, 0.5) is 13.2 Å². The molecule has 1 N–H and O–H groups in total. The fraction of sp³-hybridized carbons (Fsp3) is 0.417. The maximum absolute atomic E-state index is 13.0. The first-order valence-electron chi connectivity index (χ1n) is 5.52. The van der Waals surface area contributed by atoms with Crippen molar-refractivity contribution >= 4 is 17.6 Å². The van der Waals surface area contributed by atoms with Gasteiger partial charge in [0.2, 0.25) is 0 Å². The smallest absolute Gasteiger partial charge is 0.418 e. The van der Waals surface area contributed by atoms with Crippen LogP contribution in [-0.4, -0.2) is 38.1 Å². The molecule has 0 aromatic heterocycles. The van der Waals surface area contributed by atoms with Crippen LogP contribution in [0.3, 0.4) is 0 Å². The maximum atomic E-state index is 13.0. The summed E-state index contributed by atoms with van der Waals surface area (Å²) in [4.78, 5) is 10.4. The fourth-order valence-corrected chi connectivity index (χ4v) is 1.92. The van der Waals surface area contributed by atoms with Crippen LogP contribution in [0.2, 0.25) is 5.02 Å². The first kappa shape index (κ1) is 17.4. The Hall–Kier alpha value is -1.67. The molecule has 5 nitrogen and oxygen atoms in total. The predicted molar refractivity (Wildman–Crippen MR) is 66.9 cm³/mol. The number of methoxy groups -OCH3 is 2. The molecule has 1 aromatic carbocycles. The van der Waals surface area contributed by atoms with Crippen molar-refractivity contribution in [2.75, 3.05) is 20.8 Å². The van der Waals surface area contributed by atoms with Gasteiger partial charge in [-0.1, -0.05) is 11.6 Å². The van der Waals surface area contributed by atoms with Crippen molar-refractivity contribution < 1.29 is 37.3 Å². The molecular weight excluding hydrogens is 317 g/mol. The van der Waals surface area contributed by atoms with E-state index in [-0.39, 0.29) is 22.1 Å². The minimum Gasteiger partial charge on any atom is -0.493 e. The van der Waals surface area contributed by atoms with E-state index >= 15 is 0 Å². The Morgan fingerprint density at radius 3 is 2.38 bits per heavy atom. The Morgan fingerprint density at radius 2 is 1.95 bits per heavy atom. The third kappa shape index (κ3) is 4.40. The monoisotopic (exact) mass is 328 g/mol. The number of carboxylic acid groups (broad SMARTS) is 1. The molecular formula is C12H12ClF3O5. The third-order valence-corrected chi connectivity index (χ3v) is 2.71. The molecule has 0 amide bonds. The zero-order chi connectivity index (χ0) is 16.2. The van der Waals surface area contributed by atoms with Gasteiger partial charge < -0.3 is 19.3 Å². The number of carbonyl (C=O) groups is 1. The number of benzene rings is 1. The molecule has 1 atom stereocenters. The highest BCUT2D eigenvalue weighted by molar-refractivity contribution is 6.32. The summed E-state index contributed by atoms with van der Waals surface area (Å²) in [5.74, 6) is -1.47. The lowest BCUT2D eigenvalue weighted by Crippen LogP contribution is -2.26. The molecule has 1 aromatic rings. The quantitative estimate of drug-likeness (QED) is 0.869. The summed E-state index contributed by atoms with van der Waals surface area (Å²) in [7, 11) is 2.52. The number of ether oxygens (including phenoxy) is 3. The van der Waals surface area contributed by atoms with Crippen molar-refractivity contribution in [1.29, 1.82) is 0 Å². The zero-order valence-corrected chi connectivity index (χ0v) is 11.8. The number of carboxylic acids is 1. The predicted octanol–water partition coefficient (Wildman–Crippen LogP) is 3.06. The van der Waals surface area contributed by atoms with Crippen molar-refractivity contribution in [3.05, 3.63) is 22.7 Å². The third-order valence-electron chi connectivity index (χ3n) is 2.43. The van der Waals surface area contributed by atoms with Crippen LogP contribution in [0.15, 0.2) is 12.1 Å². The van der Waals surface area contributed by atoms with E-state index in [2.05, 4.69) is 4.74 Å². The van der Waals surface area contributed by atoms with E-state index in [4.69, 9.17) is 26.2 Å². The van der Waals surface area contributed by atoms with Gasteiger partial charge in [0.25, 0.3) is 0 Å². The molecule has 0 heterocycles. The van der Waals surface area contributed by atoms with Gasteiger partial charge >= 0.3 is 12.1 Å². The van der Waals surface area contributed by atoms with Gasteiger partial charge in [0, 0.05) is 0 Å². The number of alkyl halides is 3. The highest BCUT2D eigenvalue weighted by atomic mass is 35.5. The summed E-state index contributed by atoms with van der Waals surface area (Å²) < 4.78 is 53.1. The molecule has 0 radical (unpaired) electrons. The number of hydrogen-bond donors (Lipinski definition) is 1. The Balaban J connectivity index is 3.24. The van der Waals surface area contributed by atoms with E-state index < -0.39 is 24.9 Å². The van der Waals surface area contributed by atoms with Crippen LogP contribution in [0.5, 0.6) is 11.5 Å². The van der Waals surface area contributed by atoms with Crippen molar-refractivity contribution in [1.82, 2.24) is 0 Å². The summed E-state index contributed by atoms with van der Waals surface area (Å²) in [5, 5.41) is 8.34. The van der Waals surface area contributed by atoms with Crippen LogP contribution >= 0.6 is 11.6 Å². The van der Waals surface area contributed by atoms with E-state index in [9.17, 15) is 18.0 Å². The molecule has 0 saturated carbocycles. The minimum absolute atomic E-state index is 0.0202. The summed E-state index contributed by atoms with van der Waals surface area (Å²) in [5.41, 5.74) is -0.383. The molecule has 0 aliphatic heterocycles. The second-order valence-corrected chi connectivity index (χ2v) is 4.27. The van der Waals surface area contributed by atoms with Gasteiger partial charge in [0.05, 0.1) is 19.2 Å². The second kappa shape index (κ2) is 6.86. The van der Waals surface area contributed by atoms with Gasteiger partial charge in [0.1, 0.15) is 6.61 Å². The molecule has 1 rings (SSSR count). The Bertz CT molecular complexity index is 518. The van der Waals surface area contributed by atoms with Gasteiger partial charge in [0.15, 0.2) is 17.6 Å². The Kier molecular flexibility index (Phi) is 5.68. The number of halogens is 4. The standard InChI is InChI=1S/C12H12ClF3O5/c1-19-8-4-6(3-7(13)10(8)20-2)11(12(14,15)16)21-5-9(17)18/h3-4,11H,5H2,1-2H3,(H,17,18). The summed E-state index contributed by atoms with van der Waals surface area (Å²) >= 11 is 5.83. The SMILES string of the molecule is COc1cc(C(OCC(=O)O)C(F)(F)F)cc(Cl)c1OC. The first-order valence-corrected chi connectivity index (χ1v) is 5.90. The molecule has 1 unspecified atom stereocenters. The molecule has 0 aliphatic carbocycles. The summed E-state index contributed by atoms with van der Waals surface area (Å²) in [6, 6.07) is 2.02. The Labute approximate surface area is 123 Å². The average molecular weight is 329 g/mol. The van der Waals surface area contributed by atoms with Crippen LogP contribution in [0.25, 0.3) is 0 Å². The minimum atomic E-state index is -4.81. The van der Waals surface area contributed by atoms with Crippen molar-refractivity contribution in [3.63, 3.8) is 0 Å². The average Bonchev–Trinajstić information content (AvgIpc) is 2.36. The van der Waals surface area contributed by atoms with Crippen molar-refractivity contribution in [3.8, 4) is 11.5 Å². The van der Waals surface area contributed by atoms with Crippen LogP contribution in [0, 0.1) is 0 Å². The molecule has 0 spiro atoms. The lowest BCUT2D eigenvalue weighted by atomic mass is 10.1. The number of aliphatic carboxylic acids is 1. The molecule has 21 heavy (non-hydrogen) atoms. The Morgan fingerprint density at radius 1 is 1.33 bits per heavy atom. The van der Waals surface area contributed by atoms with E-state index in [1.54, 1.807) is 0 Å². The highest BCUT2D eigenvalue weighted by Gasteiger charge is 2.43. The van der Waals surface area contributed by atoms with Gasteiger partial charge in [-0.3, -0.25) is 0 Å². The van der Waals surface area contributed by atoms with Gasteiger partial charge in [-0.2, -0.15) is 13.2 Å². The molecule has 9 heteroatoms. The van der Waals surface area contributed by atoms with Crippen LogP contribution < -0.4 is 9.47 Å². The van der Waals surface area contributed by atoms with Crippen molar-refractivity contribution in [2.45, 2.75) is 12.3 Å². The molecule has 118 valence electrons. The number of rotatable bonds is 6. The van der Waals surface area contributed by atoms with E-state index in [1.165, 1.54) is 14.2 Å². The summed E-state index contributed by atoms with van der Waals surface area (Å²) in [6.07, 6.45) is -7.25. The van der Waals surface area contributed by atoms with Gasteiger partial charge in [-0.25, -0.2) is 4.79 Å². The summed E-state index contributed by atoms with van der Waals surface area (Å²) in [6.45, 7) is -1.10. The maximum Gasteiger partial charge on any atom is 0.418 e. The highest BCUT2D eigenvalue weighted by Crippen LogP contribution is 2.42. The van der Waals surface area contributed by atoms with Gasteiger partial charge in [-0.15, -0.1) is 0 Å². The molecule has 0 aliphatic rings. The first-order chi connectivity index (χ1) is 9.70. The van der Waals surface area contributed by atoms with Crippen LogP contribution in [-0.2, 0) is 9.53 Å². The number of hydrogen-bond acceptors (Lipinski definition) is 4. The zero-order valence-electron chi connectivity index (χ0n) is 11.0. The topological polar surface area (TPSA) is 65.0 Å². The van der Waals surface area contributed by atoms with Crippen molar-refractivity contribution in [2.24, 2.45) is 0 Å². The molecule has 0 bridgehead atoms. The fourth-order valence-electron chi connectivity index (χ4n) is 1.62. The van der Waals surface area contributed by atoms with Gasteiger partial charge in [-0.05, 0) is 17.7 Å². The van der Waals surface area contributed by atoms with E-state index in [0.717, 1.165) is 12.1 Å². The van der Waals surface area contributed by atoms with E-state index in [0.29, 0.717) is 0 Å². The second-order valence-electron chi connectivity index (χ2n) is 3.86.